The number of fused-ring (bicyclic) bond motifs is 1. The van der Waals surface area contributed by atoms with E-state index >= 15 is 0 Å². The van der Waals surface area contributed by atoms with Crippen LogP contribution < -0.4 is 9.47 Å². The molecule has 0 radical (unpaired) electrons. The predicted octanol–water partition coefficient (Wildman–Crippen LogP) is 4.70. The molecule has 0 aliphatic carbocycles. The molecule has 4 rings (SSSR count). The molecule has 2 aliphatic rings. The summed E-state index contributed by atoms with van der Waals surface area (Å²) in [6.45, 7) is 3.26. The van der Waals surface area contributed by atoms with Gasteiger partial charge in [-0.1, -0.05) is 37.1 Å². The molecule has 1 saturated heterocycles. The number of rotatable bonds is 5. The number of carbonyl (C=O) groups excluding carboxylic acids is 2. The Labute approximate surface area is 181 Å². The number of ether oxygens (including phenoxy) is 2. The lowest BCUT2D eigenvalue weighted by Gasteiger charge is -2.43. The Morgan fingerprint density at radius 2 is 1.90 bits per heavy atom. The molecule has 1 amide bonds. The van der Waals surface area contributed by atoms with Crippen molar-refractivity contribution in [2.75, 3.05) is 19.7 Å². The zero-order valence-electron chi connectivity index (χ0n) is 17.2. The molecule has 2 aliphatic heterocycles. The van der Waals surface area contributed by atoms with Gasteiger partial charge in [0.2, 0.25) is 0 Å². The van der Waals surface area contributed by atoms with Crippen molar-refractivity contribution < 1.29 is 19.1 Å². The van der Waals surface area contributed by atoms with Crippen LogP contribution in [0.25, 0.3) is 0 Å². The zero-order chi connectivity index (χ0) is 21.1. The lowest BCUT2D eigenvalue weighted by molar-refractivity contribution is -0.136. The Morgan fingerprint density at radius 1 is 1.17 bits per heavy atom. The third kappa shape index (κ3) is 4.46. The van der Waals surface area contributed by atoms with E-state index in [-0.39, 0.29) is 18.3 Å². The molecular formula is C24H26ClNO4. The number of piperidine rings is 1. The maximum atomic E-state index is 12.6. The summed E-state index contributed by atoms with van der Waals surface area (Å²) >= 11 is 6.01. The Morgan fingerprint density at radius 3 is 2.60 bits per heavy atom. The molecule has 2 heterocycles. The van der Waals surface area contributed by atoms with Gasteiger partial charge in [0.15, 0.2) is 12.4 Å². The van der Waals surface area contributed by atoms with Crippen LogP contribution in [-0.4, -0.2) is 41.9 Å². The van der Waals surface area contributed by atoms with Gasteiger partial charge in [0.25, 0.3) is 5.91 Å². The van der Waals surface area contributed by atoms with Gasteiger partial charge in [-0.15, -0.1) is 0 Å². The standard InChI is InChI=1S/C24H26ClNO4/c1-2-3-17-4-7-19(8-5-17)29-16-23(28)26-12-10-24(11-13-26)15-21(27)20-14-18(25)6-9-22(20)30-24/h4-9,14H,2-3,10-13,15-16H2,1H3. The normalized spacial score (nSPS) is 17.4. The highest BCUT2D eigenvalue weighted by Crippen LogP contribution is 2.40. The molecule has 0 aromatic heterocycles. The van der Waals surface area contributed by atoms with Crippen molar-refractivity contribution in [2.24, 2.45) is 0 Å². The summed E-state index contributed by atoms with van der Waals surface area (Å²) in [4.78, 5) is 27.0. The van der Waals surface area contributed by atoms with Crippen molar-refractivity contribution in [3.63, 3.8) is 0 Å². The van der Waals surface area contributed by atoms with E-state index in [0.717, 1.165) is 12.8 Å². The molecular weight excluding hydrogens is 402 g/mol. The van der Waals surface area contributed by atoms with Crippen LogP contribution in [0, 0.1) is 0 Å². The second kappa shape index (κ2) is 8.68. The number of hydrogen-bond acceptors (Lipinski definition) is 4. The number of benzene rings is 2. The van der Waals surface area contributed by atoms with Crippen molar-refractivity contribution in [3.05, 3.63) is 58.6 Å². The maximum absolute atomic E-state index is 12.6. The predicted molar refractivity (Wildman–Crippen MR) is 116 cm³/mol. The Kier molecular flexibility index (Phi) is 6.00. The molecule has 158 valence electrons. The number of halogens is 1. The number of nitrogens with zero attached hydrogens (tertiary/aromatic N) is 1. The number of ketones is 1. The van der Waals surface area contributed by atoms with Gasteiger partial charge in [0, 0.05) is 31.0 Å². The first kappa shape index (κ1) is 20.7. The van der Waals surface area contributed by atoms with Gasteiger partial charge < -0.3 is 14.4 Å². The molecule has 6 heteroatoms. The molecule has 0 atom stereocenters. The molecule has 30 heavy (non-hydrogen) atoms. The van der Waals surface area contributed by atoms with Gasteiger partial charge in [-0.05, 0) is 42.3 Å². The van der Waals surface area contributed by atoms with Crippen LogP contribution in [0.3, 0.4) is 0 Å². The quantitative estimate of drug-likeness (QED) is 0.694. The van der Waals surface area contributed by atoms with Gasteiger partial charge in [0.05, 0.1) is 12.0 Å². The minimum atomic E-state index is -0.537. The fraction of sp³-hybridized carbons (Fsp3) is 0.417. The largest absolute Gasteiger partial charge is 0.486 e. The maximum Gasteiger partial charge on any atom is 0.260 e. The Bertz CT molecular complexity index is 933. The summed E-state index contributed by atoms with van der Waals surface area (Å²) in [5, 5.41) is 0.530. The van der Waals surface area contributed by atoms with E-state index < -0.39 is 5.60 Å². The van der Waals surface area contributed by atoms with Crippen LogP contribution in [0.1, 0.15) is 48.5 Å². The minimum Gasteiger partial charge on any atom is -0.486 e. The first-order valence-electron chi connectivity index (χ1n) is 10.5. The summed E-state index contributed by atoms with van der Waals surface area (Å²) in [6, 6.07) is 13.1. The van der Waals surface area contributed by atoms with E-state index in [0.29, 0.717) is 54.4 Å². The van der Waals surface area contributed by atoms with Gasteiger partial charge in [0.1, 0.15) is 17.1 Å². The SMILES string of the molecule is CCCc1ccc(OCC(=O)N2CCC3(CC2)CC(=O)c2cc(Cl)ccc2O3)cc1. The number of likely N-dealkylation sites (tertiary alicyclic amines) is 1. The van der Waals surface area contributed by atoms with Crippen molar-refractivity contribution in [1.29, 1.82) is 0 Å². The number of amides is 1. The van der Waals surface area contributed by atoms with E-state index in [2.05, 4.69) is 6.92 Å². The number of carbonyl (C=O) groups is 2. The molecule has 2 aromatic rings. The van der Waals surface area contributed by atoms with E-state index in [1.54, 1.807) is 23.1 Å². The van der Waals surface area contributed by atoms with Crippen molar-refractivity contribution in [1.82, 2.24) is 4.90 Å². The van der Waals surface area contributed by atoms with Crippen LogP contribution in [0.5, 0.6) is 11.5 Å². The second-order valence-electron chi connectivity index (χ2n) is 8.09. The van der Waals surface area contributed by atoms with Gasteiger partial charge >= 0.3 is 0 Å². The number of hydrogen-bond donors (Lipinski definition) is 0. The summed E-state index contributed by atoms with van der Waals surface area (Å²) in [5.74, 6) is 1.30. The van der Waals surface area contributed by atoms with Crippen LogP contribution in [0.15, 0.2) is 42.5 Å². The third-order valence-corrected chi connectivity index (χ3v) is 6.14. The summed E-state index contributed by atoms with van der Waals surface area (Å²) in [6.07, 6.45) is 3.71. The van der Waals surface area contributed by atoms with E-state index in [4.69, 9.17) is 21.1 Å². The first-order valence-corrected chi connectivity index (χ1v) is 10.9. The van der Waals surface area contributed by atoms with Crippen molar-refractivity contribution >= 4 is 23.3 Å². The van der Waals surface area contributed by atoms with Gasteiger partial charge in [-0.3, -0.25) is 9.59 Å². The van der Waals surface area contributed by atoms with E-state index in [1.165, 1.54) is 5.56 Å². The average Bonchev–Trinajstić information content (AvgIpc) is 2.74. The summed E-state index contributed by atoms with van der Waals surface area (Å²) in [7, 11) is 0. The molecule has 5 nitrogen and oxygen atoms in total. The monoisotopic (exact) mass is 427 g/mol. The number of aryl methyl sites for hydroxylation is 1. The molecule has 0 saturated carbocycles. The van der Waals surface area contributed by atoms with E-state index in [1.807, 2.05) is 24.3 Å². The van der Waals surface area contributed by atoms with Gasteiger partial charge in [-0.25, -0.2) is 0 Å². The highest BCUT2D eigenvalue weighted by Gasteiger charge is 2.43. The Balaban J connectivity index is 1.31. The van der Waals surface area contributed by atoms with E-state index in [9.17, 15) is 9.59 Å². The fourth-order valence-corrected chi connectivity index (χ4v) is 4.36. The summed E-state index contributed by atoms with van der Waals surface area (Å²) in [5.41, 5.74) is 1.28. The average molecular weight is 428 g/mol. The highest BCUT2D eigenvalue weighted by molar-refractivity contribution is 6.31. The third-order valence-electron chi connectivity index (χ3n) is 5.90. The molecule has 1 fully saturated rings. The molecule has 1 spiro atoms. The lowest BCUT2D eigenvalue weighted by atomic mass is 9.82. The van der Waals surface area contributed by atoms with Crippen LogP contribution in [0.2, 0.25) is 5.02 Å². The van der Waals surface area contributed by atoms with Crippen molar-refractivity contribution in [3.8, 4) is 11.5 Å². The highest BCUT2D eigenvalue weighted by atomic mass is 35.5. The zero-order valence-corrected chi connectivity index (χ0v) is 17.9. The smallest absolute Gasteiger partial charge is 0.260 e. The topological polar surface area (TPSA) is 55.8 Å². The molecule has 0 unspecified atom stereocenters. The van der Waals surface area contributed by atoms with Crippen molar-refractivity contribution in [2.45, 2.75) is 44.6 Å². The molecule has 2 aromatic carbocycles. The van der Waals surface area contributed by atoms with Crippen LogP contribution >= 0.6 is 11.6 Å². The van der Waals surface area contributed by atoms with Crippen LogP contribution in [0.4, 0.5) is 0 Å². The second-order valence-corrected chi connectivity index (χ2v) is 8.53. The lowest BCUT2D eigenvalue weighted by Crippen LogP contribution is -2.53. The fourth-order valence-electron chi connectivity index (χ4n) is 4.19. The Hall–Kier alpha value is -2.53. The summed E-state index contributed by atoms with van der Waals surface area (Å²) < 4.78 is 11.9. The van der Waals surface area contributed by atoms with Gasteiger partial charge in [-0.2, -0.15) is 0 Å². The first-order chi connectivity index (χ1) is 14.5. The van der Waals surface area contributed by atoms with Crippen LogP contribution in [-0.2, 0) is 11.2 Å². The number of Topliss-reactive ketones (excluding diaryl/α,β-unsaturated/α-hetero) is 1. The molecule has 0 bridgehead atoms. The minimum absolute atomic E-state index is 0.0151. The molecule has 0 N–H and O–H groups in total.